The lowest BCUT2D eigenvalue weighted by molar-refractivity contribution is -0.193. The second kappa shape index (κ2) is 12.2. The number of aliphatic carboxylic acids is 2. The highest BCUT2D eigenvalue weighted by Crippen LogP contribution is 2.33. The van der Waals surface area contributed by atoms with Crippen LogP contribution in [0.15, 0.2) is 29.0 Å². The van der Waals surface area contributed by atoms with Crippen molar-refractivity contribution in [3.8, 4) is 0 Å². The summed E-state index contributed by atoms with van der Waals surface area (Å²) < 4.78 is 68.7. The Kier molecular flexibility index (Phi) is 9.83. The summed E-state index contributed by atoms with van der Waals surface area (Å²) in [6.45, 7) is 8.62. The topological polar surface area (TPSA) is 137 Å². The second-order valence-electron chi connectivity index (χ2n) is 8.57. The summed E-state index contributed by atoms with van der Waals surface area (Å²) in [6, 6.07) is 3.66. The monoisotopic (exact) mass is 554 g/mol. The molecule has 0 unspecified atom stereocenters. The third kappa shape index (κ3) is 8.43. The molecule has 210 valence electrons. The van der Waals surface area contributed by atoms with Gasteiger partial charge in [0.05, 0.1) is 11.3 Å². The summed E-state index contributed by atoms with van der Waals surface area (Å²) in [4.78, 5) is 38.8. The standard InChI is InChI=1S/C18H22N4O2.2C2HF3O2/c1-12-17(13(2)24-20-12)11-21-7-15-9-22(10-16(15)8-21)18(23)14-4-3-5-19-6-14;2*3-2(4,5)1(6)7/h3-6,15-16H,7-11H2,1-2H3;2*(H,6,7)/t15-,16+;;. The van der Waals surface area contributed by atoms with Gasteiger partial charge >= 0.3 is 24.3 Å². The van der Waals surface area contributed by atoms with Gasteiger partial charge in [-0.05, 0) is 37.8 Å². The average molecular weight is 554 g/mol. The lowest BCUT2D eigenvalue weighted by Crippen LogP contribution is -2.33. The van der Waals surface area contributed by atoms with Gasteiger partial charge in [0.25, 0.3) is 5.91 Å². The fourth-order valence-corrected chi connectivity index (χ4v) is 4.01. The first kappa shape index (κ1) is 30.5. The second-order valence-corrected chi connectivity index (χ2v) is 8.57. The molecule has 4 heterocycles. The van der Waals surface area contributed by atoms with Crippen LogP contribution in [-0.4, -0.2) is 86.5 Å². The van der Waals surface area contributed by atoms with E-state index in [9.17, 15) is 31.1 Å². The normalized spacial score (nSPS) is 19.1. The van der Waals surface area contributed by atoms with Crippen molar-refractivity contribution in [2.75, 3.05) is 26.2 Å². The number of nitrogens with zero attached hydrogens (tertiary/aromatic N) is 4. The summed E-state index contributed by atoms with van der Waals surface area (Å²) in [6.07, 6.45) is -6.82. The number of fused-ring (bicyclic) bond motifs is 1. The maximum atomic E-state index is 12.6. The van der Waals surface area contributed by atoms with Crippen LogP contribution in [0, 0.1) is 25.7 Å². The number of carbonyl (C=O) groups excluding carboxylic acids is 1. The van der Waals surface area contributed by atoms with E-state index in [4.69, 9.17) is 24.3 Å². The number of rotatable bonds is 3. The van der Waals surface area contributed by atoms with E-state index in [0.29, 0.717) is 17.4 Å². The van der Waals surface area contributed by atoms with Crippen molar-refractivity contribution in [3.63, 3.8) is 0 Å². The molecular weight excluding hydrogens is 530 g/mol. The zero-order valence-electron chi connectivity index (χ0n) is 20.1. The Morgan fingerprint density at radius 2 is 1.47 bits per heavy atom. The molecule has 0 aromatic carbocycles. The molecule has 2 fully saturated rings. The highest BCUT2D eigenvalue weighted by atomic mass is 19.4. The molecule has 0 saturated carbocycles. The number of carboxylic acids is 2. The summed E-state index contributed by atoms with van der Waals surface area (Å²) in [7, 11) is 0. The largest absolute Gasteiger partial charge is 0.490 e. The number of halogens is 6. The van der Waals surface area contributed by atoms with Gasteiger partial charge in [0, 0.05) is 50.7 Å². The maximum Gasteiger partial charge on any atom is 0.490 e. The first-order chi connectivity index (χ1) is 17.5. The van der Waals surface area contributed by atoms with Crippen LogP contribution in [0.4, 0.5) is 26.3 Å². The molecule has 2 aliphatic rings. The number of hydrogen-bond donors (Lipinski definition) is 2. The van der Waals surface area contributed by atoms with E-state index in [-0.39, 0.29) is 5.91 Å². The lowest BCUT2D eigenvalue weighted by atomic mass is 10.0. The fraction of sp³-hybridized carbons (Fsp3) is 0.500. The Balaban J connectivity index is 0.000000301. The first-order valence-electron chi connectivity index (χ1n) is 10.9. The van der Waals surface area contributed by atoms with Crippen LogP contribution in [0.1, 0.15) is 27.4 Å². The summed E-state index contributed by atoms with van der Waals surface area (Å²) in [5.41, 5.74) is 2.88. The van der Waals surface area contributed by atoms with Crippen molar-refractivity contribution in [1.29, 1.82) is 0 Å². The SMILES string of the molecule is Cc1noc(C)c1CN1C[C@@H]2CN(C(=O)c3cccnc3)C[C@@H]2C1.O=C(O)C(F)(F)F.O=C(O)C(F)(F)F. The van der Waals surface area contributed by atoms with Crippen LogP contribution in [0.3, 0.4) is 0 Å². The number of aromatic nitrogens is 2. The van der Waals surface area contributed by atoms with Crippen molar-refractivity contribution in [3.05, 3.63) is 47.1 Å². The van der Waals surface area contributed by atoms with Gasteiger partial charge in [-0.25, -0.2) is 9.59 Å². The van der Waals surface area contributed by atoms with E-state index in [1.165, 1.54) is 5.56 Å². The van der Waals surface area contributed by atoms with Crippen LogP contribution < -0.4 is 0 Å². The van der Waals surface area contributed by atoms with Crippen LogP contribution in [0.25, 0.3) is 0 Å². The van der Waals surface area contributed by atoms with Gasteiger partial charge < -0.3 is 19.6 Å². The highest BCUT2D eigenvalue weighted by molar-refractivity contribution is 5.94. The van der Waals surface area contributed by atoms with E-state index in [0.717, 1.165) is 44.2 Å². The van der Waals surface area contributed by atoms with Crippen molar-refractivity contribution >= 4 is 17.8 Å². The van der Waals surface area contributed by atoms with E-state index in [1.807, 2.05) is 30.9 Å². The fourth-order valence-electron chi connectivity index (χ4n) is 4.01. The minimum atomic E-state index is -5.08. The Morgan fingerprint density at radius 1 is 0.974 bits per heavy atom. The maximum absolute atomic E-state index is 12.6. The Labute approximate surface area is 211 Å². The van der Waals surface area contributed by atoms with Gasteiger partial charge in [-0.15, -0.1) is 0 Å². The molecule has 2 aliphatic heterocycles. The molecule has 0 aliphatic carbocycles. The number of carbonyl (C=O) groups is 3. The third-order valence-corrected chi connectivity index (χ3v) is 5.81. The number of likely N-dealkylation sites (tertiary alicyclic amines) is 2. The molecule has 16 heteroatoms. The molecule has 10 nitrogen and oxygen atoms in total. The number of amides is 1. The molecule has 2 aromatic rings. The van der Waals surface area contributed by atoms with E-state index >= 15 is 0 Å². The number of pyridine rings is 1. The first-order valence-corrected chi connectivity index (χ1v) is 10.9. The van der Waals surface area contributed by atoms with Crippen LogP contribution in [0.5, 0.6) is 0 Å². The smallest absolute Gasteiger partial charge is 0.475 e. The Bertz CT molecular complexity index is 1060. The molecule has 0 bridgehead atoms. The van der Waals surface area contributed by atoms with Crippen molar-refractivity contribution in [1.82, 2.24) is 19.9 Å². The number of hydrogen-bond acceptors (Lipinski definition) is 7. The van der Waals surface area contributed by atoms with Gasteiger partial charge in [0.15, 0.2) is 0 Å². The highest BCUT2D eigenvalue weighted by Gasteiger charge is 2.42. The average Bonchev–Trinajstić information content (AvgIpc) is 3.48. The zero-order chi connectivity index (χ0) is 28.8. The van der Waals surface area contributed by atoms with Gasteiger partial charge in [0.1, 0.15) is 5.76 Å². The molecule has 0 spiro atoms. The third-order valence-electron chi connectivity index (χ3n) is 5.81. The van der Waals surface area contributed by atoms with E-state index < -0.39 is 24.3 Å². The van der Waals surface area contributed by atoms with Crippen molar-refractivity contribution in [2.45, 2.75) is 32.7 Å². The molecule has 2 atom stereocenters. The minimum absolute atomic E-state index is 0.106. The molecular formula is C22H24F6N4O6. The molecule has 38 heavy (non-hydrogen) atoms. The number of aryl methyl sites for hydroxylation is 2. The summed E-state index contributed by atoms with van der Waals surface area (Å²) in [5.74, 6) is -3.37. The molecule has 2 saturated heterocycles. The van der Waals surface area contributed by atoms with Crippen molar-refractivity contribution < 1.29 is 55.5 Å². The summed E-state index contributed by atoms with van der Waals surface area (Å²) >= 11 is 0. The van der Waals surface area contributed by atoms with Crippen molar-refractivity contribution in [2.24, 2.45) is 11.8 Å². The zero-order valence-corrected chi connectivity index (χ0v) is 20.1. The van der Waals surface area contributed by atoms with Gasteiger partial charge in [-0.3, -0.25) is 14.7 Å². The molecule has 2 aromatic heterocycles. The van der Waals surface area contributed by atoms with Gasteiger partial charge in [0.2, 0.25) is 0 Å². The Morgan fingerprint density at radius 3 is 1.84 bits per heavy atom. The van der Waals surface area contributed by atoms with Crippen LogP contribution in [-0.2, 0) is 16.1 Å². The number of alkyl halides is 6. The van der Waals surface area contributed by atoms with E-state index in [1.54, 1.807) is 12.4 Å². The lowest BCUT2D eigenvalue weighted by Gasteiger charge is -2.21. The minimum Gasteiger partial charge on any atom is -0.475 e. The van der Waals surface area contributed by atoms with Crippen LogP contribution >= 0.6 is 0 Å². The van der Waals surface area contributed by atoms with Crippen LogP contribution in [0.2, 0.25) is 0 Å². The molecule has 2 N–H and O–H groups in total. The quantitative estimate of drug-likeness (QED) is 0.548. The predicted octanol–water partition coefficient (Wildman–Crippen LogP) is 3.16. The molecule has 1 amide bonds. The summed E-state index contributed by atoms with van der Waals surface area (Å²) in [5, 5.41) is 18.3. The Hall–Kier alpha value is -3.69. The number of carboxylic acid groups (broad SMARTS) is 2. The predicted molar refractivity (Wildman–Crippen MR) is 116 cm³/mol. The van der Waals surface area contributed by atoms with Gasteiger partial charge in [-0.2, -0.15) is 26.3 Å². The van der Waals surface area contributed by atoms with Gasteiger partial charge in [-0.1, -0.05) is 5.16 Å². The van der Waals surface area contributed by atoms with E-state index in [2.05, 4.69) is 15.0 Å². The molecule has 4 rings (SSSR count). The molecule has 0 radical (unpaired) electrons.